The van der Waals surface area contributed by atoms with Gasteiger partial charge in [-0.2, -0.15) is 5.10 Å². The molecule has 4 aromatic rings. The Labute approximate surface area is 180 Å². The van der Waals surface area contributed by atoms with E-state index in [1.54, 1.807) is 16.8 Å². The first kappa shape index (κ1) is 20.5. The molecule has 0 aliphatic rings. The molecule has 31 heavy (non-hydrogen) atoms. The summed E-state index contributed by atoms with van der Waals surface area (Å²) in [6.07, 6.45) is 2.78. The summed E-state index contributed by atoms with van der Waals surface area (Å²) < 4.78 is 2.72. The van der Waals surface area contributed by atoms with E-state index in [-0.39, 0.29) is 16.9 Å². The zero-order valence-electron chi connectivity index (χ0n) is 18.3. The van der Waals surface area contributed by atoms with Crippen LogP contribution in [0.5, 0.6) is 0 Å². The number of carbonyl (C=O) groups excluding carboxylic acids is 1. The molecule has 0 fully saturated rings. The van der Waals surface area contributed by atoms with Crippen molar-refractivity contribution in [2.24, 2.45) is 0 Å². The number of carbonyl (C=O) groups is 1. The largest absolute Gasteiger partial charge is 0.283 e. The normalized spacial score (nSPS) is 11.6. The molecule has 7 nitrogen and oxygen atoms in total. The van der Waals surface area contributed by atoms with E-state index in [1.807, 2.05) is 44.2 Å². The highest BCUT2D eigenvalue weighted by atomic mass is 16.2. The Balaban J connectivity index is 1.64. The molecule has 2 aromatic heterocycles. The average molecular weight is 415 g/mol. The molecule has 158 valence electrons. The van der Waals surface area contributed by atoms with Gasteiger partial charge in [0.25, 0.3) is 11.5 Å². The van der Waals surface area contributed by atoms with Crippen LogP contribution in [0.3, 0.4) is 0 Å². The standard InChI is InChI=1S/C24H25N5O2/c1-15-6-11-19(12-16(15)2)29-21-20(13-26-29)23(31)28(14-25-21)27-22(30)17-7-9-18(10-8-17)24(3,4)5/h6-14H,1-5H3,(H,27,30). The third-order valence-corrected chi connectivity index (χ3v) is 5.46. The molecule has 7 heteroatoms. The molecule has 1 amide bonds. The molecule has 0 unspecified atom stereocenters. The summed E-state index contributed by atoms with van der Waals surface area (Å²) >= 11 is 0. The smallest absolute Gasteiger partial charge is 0.267 e. The molecule has 0 aliphatic carbocycles. The number of aromatic nitrogens is 4. The lowest BCUT2D eigenvalue weighted by Gasteiger charge is -2.19. The zero-order chi connectivity index (χ0) is 22.3. The van der Waals surface area contributed by atoms with Gasteiger partial charge < -0.3 is 0 Å². The summed E-state index contributed by atoms with van der Waals surface area (Å²) in [5.41, 5.74) is 7.37. The molecular formula is C24H25N5O2. The first-order chi connectivity index (χ1) is 14.6. The van der Waals surface area contributed by atoms with Gasteiger partial charge in [-0.25, -0.2) is 14.3 Å². The average Bonchev–Trinajstić information content (AvgIpc) is 3.16. The predicted molar refractivity (Wildman–Crippen MR) is 121 cm³/mol. The fourth-order valence-electron chi connectivity index (χ4n) is 3.33. The van der Waals surface area contributed by atoms with Gasteiger partial charge in [0.15, 0.2) is 5.65 Å². The van der Waals surface area contributed by atoms with Crippen LogP contribution >= 0.6 is 0 Å². The van der Waals surface area contributed by atoms with Crippen molar-refractivity contribution in [2.45, 2.75) is 40.0 Å². The minimum atomic E-state index is -0.389. The fourth-order valence-corrected chi connectivity index (χ4v) is 3.33. The van der Waals surface area contributed by atoms with Crippen LogP contribution in [0.15, 0.2) is 59.8 Å². The molecule has 1 N–H and O–H groups in total. The SMILES string of the molecule is Cc1ccc(-n2ncc3c(=O)n(NC(=O)c4ccc(C(C)(C)C)cc4)cnc32)cc1C. The molecular weight excluding hydrogens is 390 g/mol. The van der Waals surface area contributed by atoms with Gasteiger partial charge in [-0.15, -0.1) is 0 Å². The van der Waals surface area contributed by atoms with Crippen molar-refractivity contribution in [3.63, 3.8) is 0 Å². The number of nitrogens with one attached hydrogen (secondary N) is 1. The van der Waals surface area contributed by atoms with Gasteiger partial charge in [-0.1, -0.05) is 39.0 Å². The van der Waals surface area contributed by atoms with Gasteiger partial charge in [0, 0.05) is 5.56 Å². The van der Waals surface area contributed by atoms with E-state index < -0.39 is 0 Å². The van der Waals surface area contributed by atoms with Gasteiger partial charge in [-0.05, 0) is 60.2 Å². The van der Waals surface area contributed by atoms with Crippen molar-refractivity contribution >= 4 is 16.9 Å². The monoisotopic (exact) mass is 415 g/mol. The molecule has 0 saturated carbocycles. The Kier molecular flexibility index (Phi) is 4.97. The lowest BCUT2D eigenvalue weighted by molar-refractivity contribution is 0.101. The summed E-state index contributed by atoms with van der Waals surface area (Å²) in [5.74, 6) is -0.384. The minimum Gasteiger partial charge on any atom is -0.267 e. The predicted octanol–water partition coefficient (Wildman–Crippen LogP) is 3.88. The van der Waals surface area contributed by atoms with E-state index in [2.05, 4.69) is 36.3 Å². The third-order valence-electron chi connectivity index (χ3n) is 5.46. The summed E-state index contributed by atoms with van der Waals surface area (Å²) in [6, 6.07) is 13.3. The maximum atomic E-state index is 12.9. The maximum absolute atomic E-state index is 12.9. The lowest BCUT2D eigenvalue weighted by atomic mass is 9.87. The molecule has 0 radical (unpaired) electrons. The number of benzene rings is 2. The van der Waals surface area contributed by atoms with Crippen molar-refractivity contribution in [1.29, 1.82) is 0 Å². The second kappa shape index (κ2) is 7.50. The number of rotatable bonds is 3. The number of nitrogens with zero attached hydrogens (tertiary/aromatic N) is 4. The molecule has 2 aromatic carbocycles. The van der Waals surface area contributed by atoms with Crippen LogP contribution in [0.2, 0.25) is 0 Å². The third kappa shape index (κ3) is 3.86. The Morgan fingerprint density at radius 3 is 2.35 bits per heavy atom. The van der Waals surface area contributed by atoms with Gasteiger partial charge in [0.1, 0.15) is 11.7 Å². The number of amides is 1. The molecule has 2 heterocycles. The van der Waals surface area contributed by atoms with E-state index in [9.17, 15) is 9.59 Å². The lowest BCUT2D eigenvalue weighted by Crippen LogP contribution is -2.33. The number of hydrogen-bond acceptors (Lipinski definition) is 4. The van der Waals surface area contributed by atoms with Gasteiger partial charge in [-0.3, -0.25) is 15.0 Å². The summed E-state index contributed by atoms with van der Waals surface area (Å²) in [5, 5.41) is 4.66. The summed E-state index contributed by atoms with van der Waals surface area (Å²) in [6.45, 7) is 10.4. The minimum absolute atomic E-state index is 0.00293. The van der Waals surface area contributed by atoms with Crippen molar-refractivity contribution < 1.29 is 4.79 Å². The number of aryl methyl sites for hydroxylation is 2. The second-order valence-electron chi connectivity index (χ2n) is 8.75. The topological polar surface area (TPSA) is 81.8 Å². The van der Waals surface area contributed by atoms with Gasteiger partial charge in [0.05, 0.1) is 11.9 Å². The van der Waals surface area contributed by atoms with Gasteiger partial charge >= 0.3 is 0 Å². The molecule has 0 spiro atoms. The molecule has 4 rings (SSSR count). The van der Waals surface area contributed by atoms with Crippen LogP contribution in [0.1, 0.15) is 47.8 Å². The second-order valence-corrected chi connectivity index (χ2v) is 8.75. The summed E-state index contributed by atoms with van der Waals surface area (Å²) in [4.78, 5) is 29.9. The van der Waals surface area contributed by atoms with Crippen molar-refractivity contribution in [3.05, 3.63) is 87.6 Å². The van der Waals surface area contributed by atoms with Crippen LogP contribution in [0, 0.1) is 13.8 Å². The molecule has 0 aliphatic heterocycles. The van der Waals surface area contributed by atoms with E-state index in [0.29, 0.717) is 16.6 Å². The Morgan fingerprint density at radius 1 is 1.00 bits per heavy atom. The molecule has 0 saturated heterocycles. The highest BCUT2D eigenvalue weighted by molar-refractivity contribution is 6.00. The highest BCUT2D eigenvalue weighted by Crippen LogP contribution is 2.22. The van der Waals surface area contributed by atoms with Crippen molar-refractivity contribution in [1.82, 2.24) is 19.4 Å². The van der Waals surface area contributed by atoms with Crippen molar-refractivity contribution in [2.75, 3.05) is 5.43 Å². The first-order valence-electron chi connectivity index (χ1n) is 10.1. The van der Waals surface area contributed by atoms with Crippen LogP contribution in [0.25, 0.3) is 16.7 Å². The zero-order valence-corrected chi connectivity index (χ0v) is 18.3. The molecule has 0 atom stereocenters. The highest BCUT2D eigenvalue weighted by Gasteiger charge is 2.16. The quantitative estimate of drug-likeness (QED) is 0.551. The van der Waals surface area contributed by atoms with Crippen LogP contribution in [-0.2, 0) is 5.41 Å². The Morgan fingerprint density at radius 2 is 1.71 bits per heavy atom. The van der Waals surface area contributed by atoms with Crippen LogP contribution < -0.4 is 11.0 Å². The maximum Gasteiger partial charge on any atom is 0.283 e. The van der Waals surface area contributed by atoms with E-state index in [0.717, 1.165) is 21.5 Å². The Bertz CT molecular complexity index is 1340. The van der Waals surface area contributed by atoms with Crippen molar-refractivity contribution in [3.8, 4) is 5.69 Å². The first-order valence-corrected chi connectivity index (χ1v) is 10.1. The van der Waals surface area contributed by atoms with E-state index in [1.165, 1.54) is 18.1 Å². The van der Waals surface area contributed by atoms with Crippen LogP contribution in [0.4, 0.5) is 0 Å². The van der Waals surface area contributed by atoms with E-state index in [4.69, 9.17) is 0 Å². The summed E-state index contributed by atoms with van der Waals surface area (Å²) in [7, 11) is 0. The fraction of sp³-hybridized carbons (Fsp3) is 0.250. The van der Waals surface area contributed by atoms with Crippen LogP contribution in [-0.4, -0.2) is 25.3 Å². The van der Waals surface area contributed by atoms with E-state index >= 15 is 0 Å². The van der Waals surface area contributed by atoms with Gasteiger partial charge in [0.2, 0.25) is 0 Å². The Hall–Kier alpha value is -3.74. The number of fused-ring (bicyclic) bond motifs is 1. The number of hydrogen-bond donors (Lipinski definition) is 1. The molecule has 0 bridgehead atoms.